The van der Waals surface area contributed by atoms with Crippen LogP contribution < -0.4 is 0 Å². The molecule has 0 aliphatic carbocycles. The van der Waals surface area contributed by atoms with Crippen LogP contribution in [0.5, 0.6) is 0 Å². The fraction of sp³-hybridized carbons (Fsp3) is 1.00. The fourth-order valence-corrected chi connectivity index (χ4v) is 2.10. The highest BCUT2D eigenvalue weighted by atomic mass is 16.7. The zero-order chi connectivity index (χ0) is 17.3. The molecule has 0 heterocycles. The van der Waals surface area contributed by atoms with Crippen molar-refractivity contribution >= 4 is 0 Å². The van der Waals surface area contributed by atoms with E-state index in [-0.39, 0.29) is 37.6 Å². The third-order valence-corrected chi connectivity index (χ3v) is 3.42. The molecule has 0 aliphatic rings. The van der Waals surface area contributed by atoms with E-state index in [1.54, 1.807) is 21.3 Å². The monoisotopic (exact) mass is 323 g/mol. The second kappa shape index (κ2) is 11.3. The second-order valence-corrected chi connectivity index (χ2v) is 5.06. The van der Waals surface area contributed by atoms with Crippen molar-refractivity contribution in [3.63, 3.8) is 0 Å². The van der Waals surface area contributed by atoms with Crippen molar-refractivity contribution in [2.75, 3.05) is 21.3 Å². The topological polar surface area (TPSA) is 58.6 Å². The first-order valence-electron chi connectivity index (χ1n) is 7.58. The maximum atomic E-state index is 5.80. The minimum absolute atomic E-state index is 0.284. The average molecular weight is 323 g/mol. The predicted molar refractivity (Wildman–Crippen MR) is 82.9 cm³/mol. The van der Waals surface area contributed by atoms with Gasteiger partial charge in [-0.3, -0.25) is 0 Å². The van der Waals surface area contributed by atoms with E-state index in [0.29, 0.717) is 0 Å². The molecule has 0 aromatic carbocycles. The predicted octanol–water partition coefficient (Wildman–Crippen LogP) is 2.35. The Bertz CT molecular complexity index is 238. The first kappa shape index (κ1) is 21.7. The molecule has 0 radical (unpaired) electrons. The van der Waals surface area contributed by atoms with Crippen molar-refractivity contribution in [1.29, 1.82) is 0 Å². The summed E-state index contributed by atoms with van der Waals surface area (Å²) in [5.74, 6) is 0. The van der Waals surface area contributed by atoms with Crippen LogP contribution in [-0.4, -0.2) is 63.8 Å². The molecule has 6 unspecified atom stereocenters. The van der Waals surface area contributed by atoms with Crippen LogP contribution in [0.4, 0.5) is 0 Å². The molecule has 22 heavy (non-hydrogen) atoms. The Hall–Kier alpha value is -0.280. The third kappa shape index (κ3) is 7.82. The molecule has 0 saturated heterocycles. The van der Waals surface area contributed by atoms with Crippen LogP contribution in [0.25, 0.3) is 0 Å². The van der Waals surface area contributed by atoms with Gasteiger partial charge in [0.1, 0.15) is 18.7 Å². The summed E-state index contributed by atoms with van der Waals surface area (Å²) in [5, 5.41) is 0. The number of rotatable bonds is 12. The minimum Gasteiger partial charge on any atom is -0.356 e. The molecule has 134 valence electrons. The zero-order valence-corrected chi connectivity index (χ0v) is 15.4. The van der Waals surface area contributed by atoms with Gasteiger partial charge in [0.25, 0.3) is 0 Å². The summed E-state index contributed by atoms with van der Waals surface area (Å²) in [6, 6.07) is 0. The molecule has 0 saturated carbocycles. The standard InChI is InChI=1S/C15H33NO6/c1-10(20-13(4)17-7)16(11(2)21-14(5)18-8)12(3)22-15(6)19-9/h10-15H,1-9H3. The average Bonchev–Trinajstić information content (AvgIpc) is 2.46. The molecule has 0 bridgehead atoms. The lowest BCUT2D eigenvalue weighted by atomic mass is 10.4. The molecule has 0 N–H and O–H groups in total. The Morgan fingerprint density at radius 2 is 0.727 bits per heavy atom. The lowest BCUT2D eigenvalue weighted by Gasteiger charge is -2.40. The molecule has 7 heteroatoms. The van der Waals surface area contributed by atoms with Crippen LogP contribution in [0.3, 0.4) is 0 Å². The Balaban J connectivity index is 4.94. The number of methoxy groups -OCH3 is 3. The van der Waals surface area contributed by atoms with E-state index >= 15 is 0 Å². The van der Waals surface area contributed by atoms with Crippen LogP contribution >= 0.6 is 0 Å². The Labute approximate surface area is 134 Å². The van der Waals surface area contributed by atoms with E-state index in [1.807, 2.05) is 46.4 Å². The van der Waals surface area contributed by atoms with Crippen LogP contribution in [0, 0.1) is 0 Å². The number of hydrogen-bond acceptors (Lipinski definition) is 7. The molecule has 0 rings (SSSR count). The molecule has 0 aromatic heterocycles. The van der Waals surface area contributed by atoms with Gasteiger partial charge < -0.3 is 28.4 Å². The van der Waals surface area contributed by atoms with Crippen LogP contribution in [-0.2, 0) is 28.4 Å². The first-order valence-corrected chi connectivity index (χ1v) is 7.58. The highest BCUT2D eigenvalue weighted by molar-refractivity contribution is 4.65. The Kier molecular flexibility index (Phi) is 11.1. The maximum Gasteiger partial charge on any atom is 0.156 e. The van der Waals surface area contributed by atoms with Crippen molar-refractivity contribution in [2.45, 2.75) is 79.1 Å². The summed E-state index contributed by atoms with van der Waals surface area (Å²) in [6.07, 6.45) is -1.86. The SMILES string of the molecule is COC(C)OC(C)N(C(C)OC(C)OC)C(C)OC(C)OC. The lowest BCUT2D eigenvalue weighted by molar-refractivity contribution is -0.291. The molecule has 7 nitrogen and oxygen atoms in total. The normalized spacial score (nSPS) is 20.5. The Morgan fingerprint density at radius 1 is 0.500 bits per heavy atom. The van der Waals surface area contributed by atoms with Crippen LogP contribution in [0.15, 0.2) is 0 Å². The highest BCUT2D eigenvalue weighted by Gasteiger charge is 2.30. The van der Waals surface area contributed by atoms with E-state index < -0.39 is 0 Å². The van der Waals surface area contributed by atoms with Crippen molar-refractivity contribution < 1.29 is 28.4 Å². The van der Waals surface area contributed by atoms with Crippen molar-refractivity contribution in [1.82, 2.24) is 4.90 Å². The van der Waals surface area contributed by atoms with Gasteiger partial charge in [0.2, 0.25) is 0 Å². The fourth-order valence-electron chi connectivity index (χ4n) is 2.10. The van der Waals surface area contributed by atoms with E-state index in [4.69, 9.17) is 28.4 Å². The minimum atomic E-state index is -0.336. The van der Waals surface area contributed by atoms with Gasteiger partial charge in [0, 0.05) is 21.3 Å². The van der Waals surface area contributed by atoms with Gasteiger partial charge in [-0.1, -0.05) is 0 Å². The third-order valence-electron chi connectivity index (χ3n) is 3.42. The van der Waals surface area contributed by atoms with Gasteiger partial charge in [-0.25, -0.2) is 4.90 Å². The number of hydrogen-bond donors (Lipinski definition) is 0. The van der Waals surface area contributed by atoms with Crippen LogP contribution in [0.2, 0.25) is 0 Å². The molecule has 0 spiro atoms. The smallest absolute Gasteiger partial charge is 0.156 e. The molecule has 0 amide bonds. The molecular weight excluding hydrogens is 290 g/mol. The summed E-state index contributed by atoms with van der Waals surface area (Å²) in [7, 11) is 4.80. The summed E-state index contributed by atoms with van der Waals surface area (Å²) < 4.78 is 32.9. The van der Waals surface area contributed by atoms with Gasteiger partial charge >= 0.3 is 0 Å². The first-order chi connectivity index (χ1) is 10.3. The molecule has 6 atom stereocenters. The Morgan fingerprint density at radius 3 is 0.909 bits per heavy atom. The van der Waals surface area contributed by atoms with E-state index in [1.165, 1.54) is 0 Å². The van der Waals surface area contributed by atoms with E-state index in [0.717, 1.165) is 0 Å². The zero-order valence-electron chi connectivity index (χ0n) is 15.4. The summed E-state index contributed by atoms with van der Waals surface area (Å²) in [6.45, 7) is 11.3. The van der Waals surface area contributed by atoms with Gasteiger partial charge in [0.15, 0.2) is 18.9 Å². The van der Waals surface area contributed by atoms with Crippen molar-refractivity contribution in [2.24, 2.45) is 0 Å². The lowest BCUT2D eigenvalue weighted by Crippen LogP contribution is -2.51. The van der Waals surface area contributed by atoms with Gasteiger partial charge in [-0.05, 0) is 41.5 Å². The van der Waals surface area contributed by atoms with E-state index in [9.17, 15) is 0 Å². The highest BCUT2D eigenvalue weighted by Crippen LogP contribution is 2.18. The summed E-state index contributed by atoms with van der Waals surface area (Å²) >= 11 is 0. The number of nitrogens with zero attached hydrogens (tertiary/aromatic N) is 1. The maximum absolute atomic E-state index is 5.80. The summed E-state index contributed by atoms with van der Waals surface area (Å²) in [5.41, 5.74) is 0. The number of ether oxygens (including phenoxy) is 6. The quantitative estimate of drug-likeness (QED) is 0.511. The summed E-state index contributed by atoms with van der Waals surface area (Å²) in [4.78, 5) is 1.94. The second-order valence-electron chi connectivity index (χ2n) is 5.06. The molecule has 0 aliphatic heterocycles. The van der Waals surface area contributed by atoms with Crippen LogP contribution in [0.1, 0.15) is 41.5 Å². The van der Waals surface area contributed by atoms with Crippen molar-refractivity contribution in [3.8, 4) is 0 Å². The van der Waals surface area contributed by atoms with Crippen molar-refractivity contribution in [3.05, 3.63) is 0 Å². The van der Waals surface area contributed by atoms with Gasteiger partial charge in [-0.15, -0.1) is 0 Å². The van der Waals surface area contributed by atoms with Gasteiger partial charge in [0.05, 0.1) is 0 Å². The molecule has 0 fully saturated rings. The largest absolute Gasteiger partial charge is 0.356 e. The molecular formula is C15H33NO6. The molecule has 0 aromatic rings. The van der Waals surface area contributed by atoms with Gasteiger partial charge in [-0.2, -0.15) is 0 Å². The van der Waals surface area contributed by atoms with E-state index in [2.05, 4.69) is 0 Å².